The second kappa shape index (κ2) is 12.2. The number of sulfonamides is 1. The molecule has 12 nitrogen and oxygen atoms in total. The average molecular weight is 660 g/mol. The summed E-state index contributed by atoms with van der Waals surface area (Å²) in [6.45, 7) is 6.86. The molecule has 3 aliphatic heterocycles. The highest BCUT2D eigenvalue weighted by atomic mass is 32.2. The number of hydroxylamine groups is 3. The number of carbonyl (C=O) groups is 1. The van der Waals surface area contributed by atoms with Crippen LogP contribution in [0.15, 0.2) is 41.3 Å². The fraction of sp³-hybridized carbons (Fsp3) is 0.484. The Kier molecular flexibility index (Phi) is 8.56. The van der Waals surface area contributed by atoms with Crippen LogP contribution in [-0.4, -0.2) is 92.5 Å². The molecule has 3 N–H and O–H groups in total. The third-order valence-corrected chi connectivity index (χ3v) is 10.8. The molecule has 6 rings (SSSR count). The van der Waals surface area contributed by atoms with Gasteiger partial charge in [-0.2, -0.15) is 9.40 Å². The Morgan fingerprint density at radius 2 is 1.78 bits per heavy atom. The second-order valence-electron chi connectivity index (χ2n) is 13.1. The highest BCUT2D eigenvalue weighted by Crippen LogP contribution is 2.38. The normalized spacial score (nSPS) is 20.3. The van der Waals surface area contributed by atoms with E-state index >= 15 is 0 Å². The molecule has 3 aromatic rings. The van der Waals surface area contributed by atoms with Gasteiger partial charge in [-0.1, -0.05) is 13.8 Å². The summed E-state index contributed by atoms with van der Waals surface area (Å²) in [6, 6.07) is 7.83. The molecule has 0 bridgehead atoms. The van der Waals surface area contributed by atoms with Gasteiger partial charge in [-0.25, -0.2) is 17.2 Å². The molecule has 15 heteroatoms. The molecule has 3 aliphatic rings. The smallest absolute Gasteiger partial charge is 0.258 e. The van der Waals surface area contributed by atoms with Crippen LogP contribution in [0, 0.1) is 16.8 Å². The Bertz CT molecular complexity index is 1710. The van der Waals surface area contributed by atoms with Crippen LogP contribution in [0.4, 0.5) is 26.0 Å². The molecular weight excluding hydrogens is 620 g/mol. The molecule has 2 aromatic carbocycles. The third-order valence-electron chi connectivity index (χ3n) is 9.04. The van der Waals surface area contributed by atoms with Gasteiger partial charge in [-0.15, -0.1) is 0 Å². The number of fused-ring (bicyclic) bond motifs is 1. The number of aromatic amines is 1. The number of H-pyrrole nitrogens is 1. The summed E-state index contributed by atoms with van der Waals surface area (Å²) in [5, 5.41) is 26.1. The Balaban J connectivity index is 1.28. The summed E-state index contributed by atoms with van der Waals surface area (Å²) in [7, 11) is -2.61. The molecule has 2 fully saturated rings. The van der Waals surface area contributed by atoms with Crippen molar-refractivity contribution in [3.8, 4) is 0 Å². The molecule has 46 heavy (non-hydrogen) atoms. The molecule has 0 unspecified atom stereocenters. The Morgan fingerprint density at radius 3 is 2.46 bits per heavy atom. The number of hydrogen-bond donors (Lipinski definition) is 3. The number of quaternary nitrogens is 1. The zero-order chi connectivity index (χ0) is 32.9. The Morgan fingerprint density at radius 1 is 1.11 bits per heavy atom. The number of hydrogen-bond acceptors (Lipinski definition) is 8. The van der Waals surface area contributed by atoms with E-state index in [0.29, 0.717) is 68.0 Å². The number of ether oxygens (including phenoxy) is 1. The van der Waals surface area contributed by atoms with Crippen molar-refractivity contribution < 1.29 is 31.4 Å². The molecule has 0 saturated carbocycles. The number of carbonyl (C=O) groups excluding carboxylic acids is 1. The van der Waals surface area contributed by atoms with Gasteiger partial charge in [0.1, 0.15) is 11.6 Å². The molecule has 0 aliphatic carbocycles. The molecular formula is C31H39F2N7O5S. The molecule has 0 atom stereocenters. The van der Waals surface area contributed by atoms with Crippen LogP contribution in [0.25, 0.3) is 0 Å². The van der Waals surface area contributed by atoms with Gasteiger partial charge in [0.15, 0.2) is 5.82 Å². The van der Waals surface area contributed by atoms with Gasteiger partial charge in [0.2, 0.25) is 10.0 Å². The lowest BCUT2D eigenvalue weighted by Gasteiger charge is -2.46. The Labute approximate surface area is 266 Å². The lowest BCUT2D eigenvalue weighted by molar-refractivity contribution is -0.861. The number of nitrogens with one attached hydrogen (secondary N) is 3. The SMILES string of the molecule is CC1(C)CN(S(=O)(=O)c2cc(F)cc(F)c2)Cc2c(NC(=O)c3ccc(N4CC[N+](C)([O-])CC4)cc3NC3CCOCC3)n[nH]c21. The first kappa shape index (κ1) is 32.3. The number of piperazine rings is 1. The molecule has 2 saturated heterocycles. The van der Waals surface area contributed by atoms with Crippen molar-refractivity contribution in [2.45, 2.75) is 49.6 Å². The van der Waals surface area contributed by atoms with Crippen LogP contribution < -0.4 is 15.5 Å². The van der Waals surface area contributed by atoms with E-state index < -0.39 is 37.9 Å². The van der Waals surface area contributed by atoms with E-state index in [4.69, 9.17) is 4.74 Å². The first-order valence-electron chi connectivity index (χ1n) is 15.4. The number of rotatable bonds is 7. The molecule has 1 amide bonds. The van der Waals surface area contributed by atoms with Crippen LogP contribution in [0.3, 0.4) is 0 Å². The van der Waals surface area contributed by atoms with Crippen LogP contribution >= 0.6 is 0 Å². The van der Waals surface area contributed by atoms with Crippen molar-refractivity contribution >= 4 is 33.1 Å². The maximum absolute atomic E-state index is 14.0. The van der Waals surface area contributed by atoms with Gasteiger partial charge in [0.05, 0.1) is 43.7 Å². The lowest BCUT2D eigenvalue weighted by atomic mass is 9.84. The van der Waals surface area contributed by atoms with Crippen molar-refractivity contribution in [2.24, 2.45) is 0 Å². The summed E-state index contributed by atoms with van der Waals surface area (Å²) in [5.41, 5.74) is 2.28. The largest absolute Gasteiger partial charge is 0.633 e. The van der Waals surface area contributed by atoms with Crippen LogP contribution in [0.2, 0.25) is 0 Å². The van der Waals surface area contributed by atoms with E-state index in [1.807, 2.05) is 26.0 Å². The number of nitrogens with zero attached hydrogens (tertiary/aromatic N) is 4. The van der Waals surface area contributed by atoms with Crippen molar-refractivity contribution in [2.75, 3.05) is 68.5 Å². The standard InChI is InChI=1S/C31H39F2N7O5S/c1-31(2)19-39(46(43,44)24-15-20(32)14-21(33)16-24)18-26-28(31)36-37-29(26)35-30(41)25-5-4-23(38-8-10-40(3,42)11-9-38)17-27(25)34-22-6-12-45-13-7-22/h4-5,14-17,22,34H,6-13,18-19H2,1-3H3,(H2,35,36,37,41). The lowest BCUT2D eigenvalue weighted by Crippen LogP contribution is -2.53. The number of benzene rings is 2. The van der Waals surface area contributed by atoms with Crippen molar-refractivity contribution in [1.29, 1.82) is 0 Å². The zero-order valence-electron chi connectivity index (χ0n) is 26.1. The number of amides is 1. The van der Waals surface area contributed by atoms with E-state index in [9.17, 15) is 27.2 Å². The highest BCUT2D eigenvalue weighted by Gasteiger charge is 2.41. The summed E-state index contributed by atoms with van der Waals surface area (Å²) in [6.07, 6.45) is 1.56. The molecule has 0 spiro atoms. The number of aromatic nitrogens is 2. The van der Waals surface area contributed by atoms with Gasteiger partial charge in [0.25, 0.3) is 5.91 Å². The highest BCUT2D eigenvalue weighted by molar-refractivity contribution is 7.89. The summed E-state index contributed by atoms with van der Waals surface area (Å²) >= 11 is 0. The van der Waals surface area contributed by atoms with Gasteiger partial charge < -0.3 is 30.1 Å². The van der Waals surface area contributed by atoms with Crippen LogP contribution in [0.5, 0.6) is 0 Å². The topological polar surface area (TPSA) is 143 Å². The van der Waals surface area contributed by atoms with E-state index in [-0.39, 0.29) is 29.6 Å². The minimum Gasteiger partial charge on any atom is -0.633 e. The van der Waals surface area contributed by atoms with E-state index in [2.05, 4.69) is 25.7 Å². The average Bonchev–Trinajstić information content (AvgIpc) is 3.40. The summed E-state index contributed by atoms with van der Waals surface area (Å²) < 4.78 is 61.4. The molecule has 248 valence electrons. The van der Waals surface area contributed by atoms with Crippen molar-refractivity contribution in [1.82, 2.24) is 14.5 Å². The van der Waals surface area contributed by atoms with E-state index in [1.165, 1.54) is 0 Å². The first-order chi connectivity index (χ1) is 21.7. The molecule has 4 heterocycles. The van der Waals surface area contributed by atoms with Crippen molar-refractivity contribution in [3.63, 3.8) is 0 Å². The van der Waals surface area contributed by atoms with Gasteiger partial charge in [-0.3, -0.25) is 9.89 Å². The number of likely N-dealkylation sites (N-methyl/N-ethyl adjacent to an activating group) is 1. The fourth-order valence-electron chi connectivity index (χ4n) is 6.36. The Hall–Kier alpha value is -3.63. The van der Waals surface area contributed by atoms with Gasteiger partial charge in [-0.05, 0) is 43.2 Å². The van der Waals surface area contributed by atoms with Crippen molar-refractivity contribution in [3.05, 3.63) is 70.1 Å². The first-order valence-corrected chi connectivity index (χ1v) is 16.8. The summed E-state index contributed by atoms with van der Waals surface area (Å²) in [4.78, 5) is 15.5. The van der Waals surface area contributed by atoms with Gasteiger partial charge in [0, 0.05) is 66.5 Å². The van der Waals surface area contributed by atoms with E-state index in [0.717, 1.165) is 35.0 Å². The quantitative estimate of drug-likeness (QED) is 0.257. The minimum atomic E-state index is -4.29. The third kappa shape index (κ3) is 6.60. The predicted molar refractivity (Wildman–Crippen MR) is 169 cm³/mol. The van der Waals surface area contributed by atoms with Crippen LogP contribution in [0.1, 0.15) is 48.3 Å². The maximum atomic E-state index is 14.0. The summed E-state index contributed by atoms with van der Waals surface area (Å²) in [5.74, 6) is -2.26. The minimum absolute atomic E-state index is 0.0254. The molecule has 0 radical (unpaired) electrons. The second-order valence-corrected chi connectivity index (χ2v) is 15.1. The number of halogens is 2. The zero-order valence-corrected chi connectivity index (χ0v) is 26.9. The molecule has 1 aromatic heterocycles. The van der Waals surface area contributed by atoms with Crippen LogP contribution in [-0.2, 0) is 26.7 Å². The predicted octanol–water partition coefficient (Wildman–Crippen LogP) is 3.78. The van der Waals surface area contributed by atoms with Gasteiger partial charge >= 0.3 is 0 Å². The fourth-order valence-corrected chi connectivity index (χ4v) is 7.97. The number of anilines is 3. The van der Waals surface area contributed by atoms with E-state index in [1.54, 1.807) is 13.1 Å². The monoisotopic (exact) mass is 659 g/mol. The maximum Gasteiger partial charge on any atom is 0.258 e.